The number of fused-ring (bicyclic) bond motifs is 1. The van der Waals surface area contributed by atoms with Crippen LogP contribution in [-0.2, 0) is 9.53 Å². The van der Waals surface area contributed by atoms with Crippen molar-refractivity contribution in [1.29, 1.82) is 0 Å². The predicted octanol–water partition coefficient (Wildman–Crippen LogP) is 4.31. The number of carbonyl (C=O) groups excluding carboxylic acids is 1. The maximum atomic E-state index is 14.1. The van der Waals surface area contributed by atoms with Crippen LogP contribution in [-0.4, -0.2) is 82.2 Å². The molecule has 1 aliphatic rings. The van der Waals surface area contributed by atoms with Gasteiger partial charge < -0.3 is 20.5 Å². The van der Waals surface area contributed by atoms with Gasteiger partial charge in [0.2, 0.25) is 0 Å². The van der Waals surface area contributed by atoms with Crippen molar-refractivity contribution in [3.63, 3.8) is 0 Å². The van der Waals surface area contributed by atoms with E-state index in [4.69, 9.17) is 14.6 Å². The molecule has 0 spiro atoms. The van der Waals surface area contributed by atoms with Gasteiger partial charge >= 0.3 is 12.1 Å². The molecule has 1 amide bonds. The van der Waals surface area contributed by atoms with Gasteiger partial charge in [0.05, 0.1) is 30.6 Å². The van der Waals surface area contributed by atoms with Crippen LogP contribution in [0, 0.1) is 12.7 Å². The lowest BCUT2D eigenvalue weighted by Crippen LogP contribution is -2.41. The van der Waals surface area contributed by atoms with Crippen LogP contribution in [0.4, 0.5) is 28.9 Å². The van der Waals surface area contributed by atoms with E-state index >= 15 is 0 Å². The number of anilines is 2. The Morgan fingerprint density at radius 2 is 1.81 bits per heavy atom. The fraction of sp³-hybridized carbons (Fsp3) is 0.286. The Kier molecular flexibility index (Phi) is 9.70. The molecular weight excluding hydrogens is 560 g/mol. The minimum absolute atomic E-state index is 0.148. The first-order valence-corrected chi connectivity index (χ1v) is 12.9. The fourth-order valence-corrected chi connectivity index (χ4v) is 4.11. The molecule has 5 rings (SSSR count). The minimum atomic E-state index is -5.08. The maximum absolute atomic E-state index is 14.1. The Labute approximate surface area is 237 Å². The third kappa shape index (κ3) is 8.01. The first-order chi connectivity index (χ1) is 20.0. The summed E-state index contributed by atoms with van der Waals surface area (Å²) in [6.45, 7) is 6.53. The van der Waals surface area contributed by atoms with Gasteiger partial charge in [0.25, 0.3) is 5.91 Å². The molecule has 0 radical (unpaired) electrons. The van der Waals surface area contributed by atoms with Gasteiger partial charge in [-0.25, -0.2) is 18.9 Å². The lowest BCUT2D eigenvalue weighted by molar-refractivity contribution is -0.192. The number of carboxylic acids is 1. The van der Waals surface area contributed by atoms with Crippen LogP contribution < -0.4 is 10.6 Å². The predicted molar refractivity (Wildman–Crippen MR) is 147 cm³/mol. The second-order valence-corrected chi connectivity index (χ2v) is 9.35. The molecule has 222 valence electrons. The Balaban J connectivity index is 0.000000517. The SMILES string of the molecule is Cc1ccc(F)c(Nc2ccc3c(cnn3-c3cc(C(=O)NCCN4CCOCC4)ccn3)c2)c1.O=C(O)C(F)(F)F. The number of hydrogen-bond donors (Lipinski definition) is 3. The standard InChI is InChI=1S/C26H27FN6O2.C2HF3O2/c1-18-2-4-22(27)23(14-18)31-21-3-5-24-20(15-21)17-30-33(24)25-16-19(6-7-28-25)26(34)29-8-9-32-10-12-35-13-11-32;3-2(4,5)1(6)7/h2-7,14-17,31H,8-13H2,1H3,(H,29,34);(H,6,7). The highest BCUT2D eigenvalue weighted by molar-refractivity contribution is 5.94. The molecule has 4 aromatic rings. The highest BCUT2D eigenvalue weighted by atomic mass is 19.4. The maximum Gasteiger partial charge on any atom is 0.490 e. The molecule has 1 aliphatic heterocycles. The average molecular weight is 589 g/mol. The number of morpholine rings is 1. The number of aryl methyl sites for hydroxylation is 1. The average Bonchev–Trinajstić information content (AvgIpc) is 3.39. The van der Waals surface area contributed by atoms with Gasteiger partial charge in [0.1, 0.15) is 5.82 Å². The van der Waals surface area contributed by atoms with E-state index in [1.807, 2.05) is 25.1 Å². The van der Waals surface area contributed by atoms with E-state index in [0.29, 0.717) is 23.6 Å². The van der Waals surface area contributed by atoms with E-state index in [2.05, 4.69) is 25.6 Å². The summed E-state index contributed by atoms with van der Waals surface area (Å²) in [5.74, 6) is -2.67. The van der Waals surface area contributed by atoms with Crippen molar-refractivity contribution >= 4 is 34.2 Å². The number of carboxylic acid groups (broad SMARTS) is 1. The number of alkyl halides is 3. The number of halogens is 4. The van der Waals surface area contributed by atoms with Crippen molar-refractivity contribution in [3.05, 3.63) is 77.9 Å². The zero-order chi connectivity index (χ0) is 30.3. The van der Waals surface area contributed by atoms with Gasteiger partial charge in [-0.15, -0.1) is 0 Å². The number of nitrogens with one attached hydrogen (secondary N) is 2. The quantitative estimate of drug-likeness (QED) is 0.273. The number of benzene rings is 2. The minimum Gasteiger partial charge on any atom is -0.475 e. The van der Waals surface area contributed by atoms with Crippen LogP contribution in [0.15, 0.2) is 60.9 Å². The molecule has 2 aromatic heterocycles. The van der Waals surface area contributed by atoms with Crippen LogP contribution in [0.3, 0.4) is 0 Å². The van der Waals surface area contributed by atoms with Crippen molar-refractivity contribution in [2.24, 2.45) is 0 Å². The van der Waals surface area contributed by atoms with E-state index in [9.17, 15) is 22.4 Å². The Bertz CT molecular complexity index is 1550. The molecule has 0 unspecified atom stereocenters. The second-order valence-electron chi connectivity index (χ2n) is 9.35. The molecular formula is C28H28F4N6O4. The van der Waals surface area contributed by atoms with Crippen LogP contribution in [0.5, 0.6) is 0 Å². The Morgan fingerprint density at radius 3 is 2.52 bits per heavy atom. The highest BCUT2D eigenvalue weighted by Gasteiger charge is 2.38. The van der Waals surface area contributed by atoms with Crippen LogP contribution >= 0.6 is 0 Å². The molecule has 2 aromatic carbocycles. The number of hydrogen-bond acceptors (Lipinski definition) is 7. The van der Waals surface area contributed by atoms with Gasteiger partial charge in [-0.2, -0.15) is 18.3 Å². The summed E-state index contributed by atoms with van der Waals surface area (Å²) in [6, 6.07) is 14.0. The van der Waals surface area contributed by atoms with Gasteiger partial charge in [0, 0.05) is 49.0 Å². The molecule has 14 heteroatoms. The summed E-state index contributed by atoms with van der Waals surface area (Å²) < 4.78 is 52.9. The topological polar surface area (TPSA) is 122 Å². The summed E-state index contributed by atoms with van der Waals surface area (Å²) in [5, 5.41) is 18.6. The number of rotatable bonds is 7. The summed E-state index contributed by atoms with van der Waals surface area (Å²) in [7, 11) is 0. The monoisotopic (exact) mass is 588 g/mol. The van der Waals surface area contributed by atoms with Crippen LogP contribution in [0.1, 0.15) is 15.9 Å². The van der Waals surface area contributed by atoms with Crippen molar-refractivity contribution in [2.45, 2.75) is 13.1 Å². The van der Waals surface area contributed by atoms with Gasteiger partial charge in [0.15, 0.2) is 5.82 Å². The van der Waals surface area contributed by atoms with Crippen molar-refractivity contribution in [1.82, 2.24) is 25.0 Å². The van der Waals surface area contributed by atoms with E-state index < -0.39 is 12.1 Å². The van der Waals surface area contributed by atoms with E-state index in [1.54, 1.807) is 41.3 Å². The zero-order valence-electron chi connectivity index (χ0n) is 22.5. The molecule has 1 saturated heterocycles. The Hall–Kier alpha value is -4.56. The van der Waals surface area contributed by atoms with Gasteiger partial charge in [-0.05, 0) is 55.0 Å². The van der Waals surface area contributed by atoms with E-state index in [1.165, 1.54) is 6.07 Å². The molecule has 3 N–H and O–H groups in total. The summed E-state index contributed by atoms with van der Waals surface area (Å²) >= 11 is 0. The first-order valence-electron chi connectivity index (χ1n) is 12.9. The van der Waals surface area contributed by atoms with E-state index in [0.717, 1.165) is 55.0 Å². The molecule has 1 fully saturated rings. The summed E-state index contributed by atoms with van der Waals surface area (Å²) in [6.07, 6.45) is -1.75. The molecule has 0 bridgehead atoms. The lowest BCUT2D eigenvalue weighted by atomic mass is 10.2. The molecule has 10 nitrogen and oxygen atoms in total. The second kappa shape index (κ2) is 13.4. The number of aromatic nitrogens is 3. The largest absolute Gasteiger partial charge is 0.490 e. The third-order valence-electron chi connectivity index (χ3n) is 6.25. The highest BCUT2D eigenvalue weighted by Crippen LogP contribution is 2.26. The lowest BCUT2D eigenvalue weighted by Gasteiger charge is -2.26. The normalized spacial score (nSPS) is 13.7. The fourth-order valence-electron chi connectivity index (χ4n) is 4.11. The molecule has 42 heavy (non-hydrogen) atoms. The number of carbonyl (C=O) groups is 2. The smallest absolute Gasteiger partial charge is 0.475 e. The van der Waals surface area contributed by atoms with Crippen molar-refractivity contribution < 1.29 is 37.0 Å². The summed E-state index contributed by atoms with van der Waals surface area (Å²) in [4.78, 5) is 28.3. The van der Waals surface area contributed by atoms with Crippen molar-refractivity contribution in [3.8, 4) is 5.82 Å². The number of nitrogens with zero attached hydrogens (tertiary/aromatic N) is 4. The molecule has 0 atom stereocenters. The van der Waals surface area contributed by atoms with E-state index in [-0.39, 0.29) is 11.7 Å². The molecule has 3 heterocycles. The zero-order valence-corrected chi connectivity index (χ0v) is 22.5. The molecule has 0 saturated carbocycles. The number of aliphatic carboxylic acids is 1. The first kappa shape index (κ1) is 30.4. The van der Waals surface area contributed by atoms with Crippen LogP contribution in [0.25, 0.3) is 16.7 Å². The molecule has 0 aliphatic carbocycles. The number of amides is 1. The number of ether oxygens (including phenoxy) is 1. The number of pyridine rings is 1. The van der Waals surface area contributed by atoms with Gasteiger partial charge in [-0.3, -0.25) is 9.69 Å². The third-order valence-corrected chi connectivity index (χ3v) is 6.25. The van der Waals surface area contributed by atoms with Gasteiger partial charge in [-0.1, -0.05) is 6.07 Å². The van der Waals surface area contributed by atoms with Crippen molar-refractivity contribution in [2.75, 3.05) is 44.7 Å². The van der Waals surface area contributed by atoms with Crippen LogP contribution in [0.2, 0.25) is 0 Å². The Morgan fingerprint density at radius 1 is 1.07 bits per heavy atom. The summed E-state index contributed by atoms with van der Waals surface area (Å²) in [5.41, 5.74) is 3.50.